The highest BCUT2D eigenvalue weighted by Crippen LogP contribution is 2.27. The normalized spacial score (nSPS) is 21.3. The van der Waals surface area contributed by atoms with Gasteiger partial charge in [-0.05, 0) is 44.7 Å². The number of benzene rings is 1. The Labute approximate surface area is 146 Å². The third-order valence-corrected chi connectivity index (χ3v) is 5.34. The number of esters is 1. The van der Waals surface area contributed by atoms with Gasteiger partial charge in [-0.15, -0.1) is 11.8 Å². The first-order valence-electron chi connectivity index (χ1n) is 8.48. The summed E-state index contributed by atoms with van der Waals surface area (Å²) in [7, 11) is 0. The summed E-state index contributed by atoms with van der Waals surface area (Å²) in [5.41, 5.74) is 0.506. The van der Waals surface area contributed by atoms with Crippen LogP contribution in [0.3, 0.4) is 0 Å². The third kappa shape index (κ3) is 4.74. The van der Waals surface area contributed by atoms with Crippen LogP contribution in [0.15, 0.2) is 29.2 Å². The molecule has 2 aliphatic rings. The molecule has 5 nitrogen and oxygen atoms in total. The molecule has 1 amide bonds. The van der Waals surface area contributed by atoms with Gasteiger partial charge in [-0.1, -0.05) is 12.1 Å². The first-order valence-corrected chi connectivity index (χ1v) is 9.47. The van der Waals surface area contributed by atoms with E-state index in [1.807, 2.05) is 18.2 Å². The lowest BCUT2D eigenvalue weighted by Gasteiger charge is -2.15. The van der Waals surface area contributed by atoms with Crippen LogP contribution >= 0.6 is 11.8 Å². The van der Waals surface area contributed by atoms with Crippen molar-refractivity contribution in [2.75, 3.05) is 12.4 Å². The van der Waals surface area contributed by atoms with Crippen molar-refractivity contribution in [2.24, 2.45) is 0 Å². The minimum atomic E-state index is -0.783. The average molecular weight is 349 g/mol. The van der Waals surface area contributed by atoms with E-state index in [0.29, 0.717) is 5.56 Å². The molecular formula is C18H23NO4S. The minimum Gasteiger partial charge on any atom is -0.449 e. The molecule has 0 radical (unpaired) electrons. The first kappa shape index (κ1) is 17.3. The van der Waals surface area contributed by atoms with Gasteiger partial charge in [-0.3, -0.25) is 4.79 Å². The van der Waals surface area contributed by atoms with Gasteiger partial charge in [0.1, 0.15) is 0 Å². The number of hydrogen-bond acceptors (Lipinski definition) is 5. The Morgan fingerprint density at radius 3 is 2.83 bits per heavy atom. The number of amides is 1. The molecular weight excluding hydrogens is 326 g/mol. The Balaban J connectivity index is 1.57. The molecule has 1 aromatic carbocycles. The van der Waals surface area contributed by atoms with Crippen molar-refractivity contribution in [2.45, 2.75) is 55.8 Å². The quantitative estimate of drug-likeness (QED) is 0.606. The number of ether oxygens (including phenoxy) is 2. The molecule has 1 N–H and O–H groups in total. The Bertz CT molecular complexity index is 596. The first-order chi connectivity index (χ1) is 11.6. The van der Waals surface area contributed by atoms with E-state index in [1.54, 1.807) is 24.8 Å². The van der Waals surface area contributed by atoms with E-state index in [-0.39, 0.29) is 18.1 Å². The van der Waals surface area contributed by atoms with Crippen molar-refractivity contribution in [3.8, 4) is 0 Å². The van der Waals surface area contributed by atoms with E-state index in [9.17, 15) is 9.59 Å². The Hall–Kier alpha value is -1.53. The van der Waals surface area contributed by atoms with Crippen LogP contribution in [0.4, 0.5) is 0 Å². The van der Waals surface area contributed by atoms with Crippen LogP contribution < -0.4 is 5.32 Å². The van der Waals surface area contributed by atoms with Crippen LogP contribution in [0.25, 0.3) is 0 Å². The standard InChI is InChI=1S/C18H23NO4S/c1-12(17(20)19-13-8-9-13)23-18(21)15-6-2-3-7-16(15)24-11-14-5-4-10-22-14/h2-3,6-7,12-14H,4-5,8-11H2,1H3,(H,19,20)/t12-,14-/m0/s1. The van der Waals surface area contributed by atoms with Crippen LogP contribution in [0, 0.1) is 0 Å². The van der Waals surface area contributed by atoms with Crippen molar-refractivity contribution in [3.05, 3.63) is 29.8 Å². The van der Waals surface area contributed by atoms with Gasteiger partial charge in [0.05, 0.1) is 11.7 Å². The molecule has 3 rings (SSSR count). The summed E-state index contributed by atoms with van der Waals surface area (Å²) in [5, 5.41) is 2.85. The Morgan fingerprint density at radius 1 is 1.33 bits per heavy atom. The van der Waals surface area contributed by atoms with Crippen molar-refractivity contribution in [1.82, 2.24) is 5.32 Å². The fourth-order valence-electron chi connectivity index (χ4n) is 2.54. The van der Waals surface area contributed by atoms with Crippen molar-refractivity contribution < 1.29 is 19.1 Å². The fraction of sp³-hybridized carbons (Fsp3) is 0.556. The lowest BCUT2D eigenvalue weighted by atomic mass is 10.2. The van der Waals surface area contributed by atoms with Crippen LogP contribution in [-0.4, -0.2) is 42.5 Å². The SMILES string of the molecule is C[C@H](OC(=O)c1ccccc1SC[C@@H]1CCCO1)C(=O)NC1CC1. The fourth-order valence-corrected chi connectivity index (χ4v) is 3.65. The smallest absolute Gasteiger partial charge is 0.340 e. The number of thioether (sulfide) groups is 1. The molecule has 24 heavy (non-hydrogen) atoms. The lowest BCUT2D eigenvalue weighted by molar-refractivity contribution is -0.129. The predicted molar refractivity (Wildman–Crippen MR) is 92.2 cm³/mol. The molecule has 0 bridgehead atoms. The molecule has 1 aliphatic carbocycles. The number of rotatable bonds is 7. The van der Waals surface area contributed by atoms with Gasteiger partial charge in [-0.2, -0.15) is 0 Å². The van der Waals surface area contributed by atoms with Crippen molar-refractivity contribution in [1.29, 1.82) is 0 Å². The molecule has 0 aromatic heterocycles. The summed E-state index contributed by atoms with van der Waals surface area (Å²) in [4.78, 5) is 25.2. The highest BCUT2D eigenvalue weighted by Gasteiger charge is 2.28. The molecule has 1 heterocycles. The summed E-state index contributed by atoms with van der Waals surface area (Å²) in [6, 6.07) is 7.61. The van der Waals surface area contributed by atoms with Gasteiger partial charge in [0.25, 0.3) is 5.91 Å². The van der Waals surface area contributed by atoms with E-state index in [2.05, 4.69) is 5.32 Å². The number of nitrogens with one attached hydrogen (secondary N) is 1. The summed E-state index contributed by atoms with van der Waals surface area (Å²) in [6.07, 6.45) is 3.65. The highest BCUT2D eigenvalue weighted by atomic mass is 32.2. The van der Waals surface area contributed by atoms with E-state index in [1.165, 1.54) is 0 Å². The van der Waals surface area contributed by atoms with Crippen LogP contribution in [-0.2, 0) is 14.3 Å². The second-order valence-corrected chi connectivity index (χ2v) is 7.33. The van der Waals surface area contributed by atoms with Crippen molar-refractivity contribution in [3.63, 3.8) is 0 Å². The second kappa shape index (κ2) is 8.03. The van der Waals surface area contributed by atoms with E-state index < -0.39 is 12.1 Å². The third-order valence-electron chi connectivity index (χ3n) is 4.13. The van der Waals surface area contributed by atoms with Gasteiger partial charge in [-0.25, -0.2) is 4.79 Å². The maximum absolute atomic E-state index is 12.4. The molecule has 1 saturated heterocycles. The molecule has 130 valence electrons. The molecule has 0 unspecified atom stereocenters. The van der Waals surface area contributed by atoms with Gasteiger partial charge >= 0.3 is 5.97 Å². The van der Waals surface area contributed by atoms with Gasteiger partial charge in [0.2, 0.25) is 0 Å². The second-order valence-electron chi connectivity index (χ2n) is 6.27. The molecule has 1 aromatic rings. The lowest BCUT2D eigenvalue weighted by Crippen LogP contribution is -2.37. The number of hydrogen-bond donors (Lipinski definition) is 1. The summed E-state index contributed by atoms with van der Waals surface area (Å²) >= 11 is 1.60. The highest BCUT2D eigenvalue weighted by molar-refractivity contribution is 7.99. The molecule has 2 fully saturated rings. The van der Waals surface area contributed by atoms with E-state index in [4.69, 9.17) is 9.47 Å². The van der Waals surface area contributed by atoms with Crippen LogP contribution in [0.2, 0.25) is 0 Å². The summed E-state index contributed by atoms with van der Waals surface area (Å²) in [5.74, 6) is 0.140. The van der Waals surface area contributed by atoms with E-state index in [0.717, 1.165) is 42.9 Å². The molecule has 1 saturated carbocycles. The molecule has 0 spiro atoms. The maximum atomic E-state index is 12.4. The van der Waals surface area contributed by atoms with Crippen LogP contribution in [0.1, 0.15) is 43.0 Å². The van der Waals surface area contributed by atoms with E-state index >= 15 is 0 Å². The average Bonchev–Trinajstić information content (AvgIpc) is 3.24. The van der Waals surface area contributed by atoms with Gasteiger partial charge in [0, 0.05) is 23.3 Å². The topological polar surface area (TPSA) is 64.6 Å². The maximum Gasteiger partial charge on any atom is 0.340 e. The zero-order valence-electron chi connectivity index (χ0n) is 13.8. The molecule has 1 aliphatic heterocycles. The number of carbonyl (C=O) groups is 2. The largest absolute Gasteiger partial charge is 0.449 e. The zero-order chi connectivity index (χ0) is 16.9. The zero-order valence-corrected chi connectivity index (χ0v) is 14.6. The van der Waals surface area contributed by atoms with Crippen molar-refractivity contribution >= 4 is 23.6 Å². The number of carbonyl (C=O) groups excluding carboxylic acids is 2. The summed E-state index contributed by atoms with van der Waals surface area (Å²) in [6.45, 7) is 2.43. The van der Waals surface area contributed by atoms with Gasteiger partial charge in [0.15, 0.2) is 6.10 Å². The monoisotopic (exact) mass is 349 g/mol. The van der Waals surface area contributed by atoms with Gasteiger partial charge < -0.3 is 14.8 Å². The predicted octanol–water partition coefficient (Wildman–Crippen LogP) is 2.78. The molecule has 2 atom stereocenters. The summed E-state index contributed by atoms with van der Waals surface area (Å²) < 4.78 is 11.0. The molecule has 6 heteroatoms. The minimum absolute atomic E-state index is 0.227. The Morgan fingerprint density at radius 2 is 2.12 bits per heavy atom. The van der Waals surface area contributed by atoms with Crippen LogP contribution in [0.5, 0.6) is 0 Å². The Kier molecular flexibility index (Phi) is 5.79.